The van der Waals surface area contributed by atoms with Crippen molar-refractivity contribution in [1.29, 1.82) is 0 Å². The smallest absolute Gasteiger partial charge is 0.411 e. The molecule has 5 nitrogen and oxygen atoms in total. The molecule has 1 aromatic carbocycles. The van der Waals surface area contributed by atoms with Gasteiger partial charge in [-0.25, -0.2) is 9.78 Å². The molecule has 6 heteroatoms. The molecule has 1 aliphatic rings. The third kappa shape index (κ3) is 3.00. The van der Waals surface area contributed by atoms with Gasteiger partial charge in [0.25, 0.3) is 0 Å². The first-order valence-corrected chi connectivity index (χ1v) is 8.96. The zero-order valence-corrected chi connectivity index (χ0v) is 14.5. The van der Waals surface area contributed by atoms with E-state index in [9.17, 15) is 9.90 Å². The van der Waals surface area contributed by atoms with Crippen LogP contribution >= 0.6 is 11.3 Å². The van der Waals surface area contributed by atoms with Gasteiger partial charge in [0, 0.05) is 18.3 Å². The maximum absolute atomic E-state index is 11.6. The second kappa shape index (κ2) is 6.29. The van der Waals surface area contributed by atoms with Crippen molar-refractivity contribution in [3.05, 3.63) is 54.2 Å². The van der Waals surface area contributed by atoms with E-state index in [0.717, 1.165) is 38.6 Å². The van der Waals surface area contributed by atoms with Crippen LogP contribution in [-0.4, -0.2) is 32.6 Å². The first-order chi connectivity index (χ1) is 12.1. The Morgan fingerprint density at radius 3 is 2.96 bits per heavy atom. The van der Waals surface area contributed by atoms with E-state index in [0.29, 0.717) is 12.5 Å². The van der Waals surface area contributed by atoms with E-state index in [4.69, 9.17) is 0 Å². The molecule has 1 amide bonds. The lowest BCUT2D eigenvalue weighted by Gasteiger charge is -2.29. The van der Waals surface area contributed by atoms with Crippen molar-refractivity contribution in [3.8, 4) is 10.7 Å². The van der Waals surface area contributed by atoms with Gasteiger partial charge in [0.15, 0.2) is 0 Å². The average Bonchev–Trinajstić information content (AvgIpc) is 3.05. The summed E-state index contributed by atoms with van der Waals surface area (Å²) in [6.07, 6.45) is 3.74. The lowest BCUT2D eigenvalue weighted by atomic mass is 9.98. The summed E-state index contributed by atoms with van der Waals surface area (Å²) < 4.78 is 1.07. The van der Waals surface area contributed by atoms with Crippen molar-refractivity contribution in [2.24, 2.45) is 5.92 Å². The first kappa shape index (κ1) is 15.8. The molecule has 1 N–H and O–H groups in total. The van der Waals surface area contributed by atoms with Gasteiger partial charge in [-0.3, -0.25) is 9.88 Å². The molecule has 0 saturated heterocycles. The van der Waals surface area contributed by atoms with E-state index in [1.807, 2.05) is 42.5 Å². The summed E-state index contributed by atoms with van der Waals surface area (Å²) in [6.45, 7) is 2.58. The fourth-order valence-corrected chi connectivity index (χ4v) is 3.97. The lowest BCUT2D eigenvalue weighted by molar-refractivity contribution is 0.159. The number of carbonyl (C=O) groups is 1. The standard InChI is InChI=1S/C19H17N3O2S/c1-12-5-7-16(22(11-12)19(23)24)13-6-8-17-15(10-13)21-18(25-17)14-4-2-3-9-20-14/h2-4,6-10,12H,5,11H2,1H3,(H,23,24)/t12-/m0/s1. The number of pyridine rings is 1. The van der Waals surface area contributed by atoms with Gasteiger partial charge in [-0.2, -0.15) is 0 Å². The number of allylic oxidation sites excluding steroid dienone is 1. The van der Waals surface area contributed by atoms with Crippen LogP contribution in [-0.2, 0) is 0 Å². The second-order valence-corrected chi connectivity index (χ2v) is 7.27. The Labute approximate surface area is 149 Å². The maximum Gasteiger partial charge on any atom is 0.411 e. The Morgan fingerprint density at radius 1 is 1.32 bits per heavy atom. The molecule has 1 atom stereocenters. The SMILES string of the molecule is C[C@H]1CC=C(c2ccc3sc(-c4ccccn4)nc3c2)N(C(=O)O)C1. The molecule has 3 aromatic rings. The number of rotatable bonds is 2. The number of amides is 1. The number of hydrogen-bond donors (Lipinski definition) is 1. The zero-order valence-electron chi connectivity index (χ0n) is 13.7. The van der Waals surface area contributed by atoms with Crippen LogP contribution in [0, 0.1) is 5.92 Å². The molecule has 0 aliphatic carbocycles. The van der Waals surface area contributed by atoms with Crippen molar-refractivity contribution in [2.45, 2.75) is 13.3 Å². The lowest BCUT2D eigenvalue weighted by Crippen LogP contribution is -2.34. The third-order valence-electron chi connectivity index (χ3n) is 4.30. The fourth-order valence-electron chi connectivity index (χ4n) is 3.05. The molecular weight excluding hydrogens is 334 g/mol. The van der Waals surface area contributed by atoms with Gasteiger partial charge in [-0.1, -0.05) is 25.1 Å². The molecule has 2 aromatic heterocycles. The average molecular weight is 351 g/mol. The minimum Gasteiger partial charge on any atom is -0.465 e. The van der Waals surface area contributed by atoms with Gasteiger partial charge >= 0.3 is 6.09 Å². The number of nitrogens with zero attached hydrogens (tertiary/aromatic N) is 3. The van der Waals surface area contributed by atoms with Crippen molar-refractivity contribution >= 4 is 33.3 Å². The van der Waals surface area contributed by atoms with E-state index < -0.39 is 6.09 Å². The number of carboxylic acid groups (broad SMARTS) is 1. The molecule has 3 heterocycles. The topological polar surface area (TPSA) is 66.3 Å². The highest BCUT2D eigenvalue weighted by molar-refractivity contribution is 7.21. The summed E-state index contributed by atoms with van der Waals surface area (Å²) in [5, 5.41) is 10.4. The summed E-state index contributed by atoms with van der Waals surface area (Å²) >= 11 is 1.59. The van der Waals surface area contributed by atoms with Gasteiger partial charge in [0.05, 0.1) is 21.6 Å². The highest BCUT2D eigenvalue weighted by atomic mass is 32.1. The third-order valence-corrected chi connectivity index (χ3v) is 5.36. The number of aromatic nitrogens is 2. The van der Waals surface area contributed by atoms with E-state index >= 15 is 0 Å². The molecule has 126 valence electrons. The summed E-state index contributed by atoms with van der Waals surface area (Å²) in [6, 6.07) is 11.7. The Kier molecular flexibility index (Phi) is 3.97. The molecular formula is C19H17N3O2S. The molecule has 0 unspecified atom stereocenters. The van der Waals surface area contributed by atoms with Crippen LogP contribution in [0.15, 0.2) is 48.7 Å². The molecule has 0 spiro atoms. The van der Waals surface area contributed by atoms with Crippen molar-refractivity contribution < 1.29 is 9.90 Å². The van der Waals surface area contributed by atoms with E-state index in [2.05, 4.69) is 16.9 Å². The minimum atomic E-state index is -0.912. The Balaban J connectivity index is 1.75. The van der Waals surface area contributed by atoms with Gasteiger partial charge < -0.3 is 5.11 Å². The molecule has 0 saturated carbocycles. The summed E-state index contributed by atoms with van der Waals surface area (Å²) in [5.74, 6) is 0.332. The number of benzene rings is 1. The van der Waals surface area contributed by atoms with Crippen molar-refractivity contribution in [2.75, 3.05) is 6.54 Å². The van der Waals surface area contributed by atoms with Crippen LogP contribution in [0.25, 0.3) is 26.6 Å². The summed E-state index contributed by atoms with van der Waals surface area (Å²) in [4.78, 5) is 22.1. The highest BCUT2D eigenvalue weighted by Gasteiger charge is 2.25. The molecule has 0 radical (unpaired) electrons. The molecule has 1 aliphatic heterocycles. The number of thiazole rings is 1. The highest BCUT2D eigenvalue weighted by Crippen LogP contribution is 2.33. The molecule has 0 fully saturated rings. The predicted molar refractivity (Wildman–Crippen MR) is 99.3 cm³/mol. The number of fused-ring (bicyclic) bond motifs is 1. The Bertz CT molecular complexity index is 965. The predicted octanol–water partition coefficient (Wildman–Crippen LogP) is 4.72. The Hall–Kier alpha value is -2.73. The zero-order chi connectivity index (χ0) is 17.4. The second-order valence-electron chi connectivity index (χ2n) is 6.24. The van der Waals surface area contributed by atoms with Gasteiger partial charge in [0.1, 0.15) is 5.01 Å². The van der Waals surface area contributed by atoms with Gasteiger partial charge in [-0.15, -0.1) is 11.3 Å². The van der Waals surface area contributed by atoms with E-state index in [1.165, 1.54) is 4.90 Å². The van der Waals surface area contributed by atoms with Crippen LogP contribution in [0.5, 0.6) is 0 Å². The van der Waals surface area contributed by atoms with Gasteiger partial charge in [0.2, 0.25) is 0 Å². The molecule has 0 bridgehead atoms. The van der Waals surface area contributed by atoms with Crippen LogP contribution < -0.4 is 0 Å². The van der Waals surface area contributed by atoms with Crippen LogP contribution in [0.3, 0.4) is 0 Å². The molecule has 25 heavy (non-hydrogen) atoms. The largest absolute Gasteiger partial charge is 0.465 e. The fraction of sp³-hybridized carbons (Fsp3) is 0.211. The Morgan fingerprint density at radius 2 is 2.20 bits per heavy atom. The summed E-state index contributed by atoms with van der Waals surface area (Å²) in [5.41, 5.74) is 3.36. The normalized spacial score (nSPS) is 17.6. The monoisotopic (exact) mass is 351 g/mol. The first-order valence-electron chi connectivity index (χ1n) is 8.15. The van der Waals surface area contributed by atoms with Crippen LogP contribution in [0.1, 0.15) is 18.9 Å². The minimum absolute atomic E-state index is 0.332. The van der Waals surface area contributed by atoms with Crippen molar-refractivity contribution in [1.82, 2.24) is 14.9 Å². The van der Waals surface area contributed by atoms with Crippen LogP contribution in [0.2, 0.25) is 0 Å². The van der Waals surface area contributed by atoms with E-state index in [1.54, 1.807) is 17.5 Å². The molecule has 4 rings (SSSR count). The van der Waals surface area contributed by atoms with E-state index in [-0.39, 0.29) is 0 Å². The van der Waals surface area contributed by atoms with Crippen molar-refractivity contribution in [3.63, 3.8) is 0 Å². The van der Waals surface area contributed by atoms with Crippen LogP contribution in [0.4, 0.5) is 4.79 Å². The maximum atomic E-state index is 11.6. The quantitative estimate of drug-likeness (QED) is 0.725. The number of hydrogen-bond acceptors (Lipinski definition) is 4. The van der Waals surface area contributed by atoms with Gasteiger partial charge in [-0.05, 0) is 36.6 Å². The summed E-state index contributed by atoms with van der Waals surface area (Å²) in [7, 11) is 0.